The number of fused-ring (bicyclic) bond motifs is 2. The minimum Gasteiger partial charge on any atom is -0.507 e. The first-order valence-corrected chi connectivity index (χ1v) is 11.0. The van der Waals surface area contributed by atoms with Gasteiger partial charge in [-0.3, -0.25) is 9.52 Å². The summed E-state index contributed by atoms with van der Waals surface area (Å²) in [7, 11) is -5.48. The molecule has 190 valence electrons. The monoisotopic (exact) mass is 535 g/mol. The van der Waals surface area contributed by atoms with Crippen LogP contribution in [0.1, 0.15) is 11.1 Å². The molecule has 0 amide bonds. The molecule has 15 heteroatoms. The summed E-state index contributed by atoms with van der Waals surface area (Å²) < 4.78 is 112. The lowest BCUT2D eigenvalue weighted by Gasteiger charge is -2.17. The van der Waals surface area contributed by atoms with Crippen molar-refractivity contribution in [1.29, 1.82) is 0 Å². The van der Waals surface area contributed by atoms with E-state index in [1.165, 1.54) is 16.9 Å². The Bertz CT molecular complexity index is 1710. The van der Waals surface area contributed by atoms with Crippen LogP contribution in [0.3, 0.4) is 0 Å². The molecular formula is C21H11F6NO7S. The average molecular weight is 535 g/mol. The van der Waals surface area contributed by atoms with Crippen LogP contribution in [0.15, 0.2) is 56.6 Å². The lowest BCUT2D eigenvalue weighted by molar-refractivity contribution is -0.143. The van der Waals surface area contributed by atoms with Crippen molar-refractivity contribution in [2.75, 3.05) is 4.72 Å². The zero-order valence-corrected chi connectivity index (χ0v) is 18.0. The molecule has 0 aliphatic heterocycles. The van der Waals surface area contributed by atoms with Crippen LogP contribution >= 0.6 is 0 Å². The van der Waals surface area contributed by atoms with E-state index in [-0.39, 0.29) is 23.8 Å². The second kappa shape index (κ2) is 7.94. The van der Waals surface area contributed by atoms with Crippen molar-refractivity contribution >= 4 is 37.6 Å². The van der Waals surface area contributed by atoms with Gasteiger partial charge in [0.2, 0.25) is 5.43 Å². The number of hydrogen-bond donors (Lipinski definition) is 4. The SMILES string of the molecule is O=c1c2c(O)cccc2oc2cc(NS(=O)(=O)c3cc(C(F)(F)F)ccc3C(F)(F)F)c(O)c(O)c12. The number of aromatic hydroxyl groups is 3. The van der Waals surface area contributed by atoms with Gasteiger partial charge in [-0.1, -0.05) is 6.07 Å². The number of benzene rings is 3. The Morgan fingerprint density at radius 2 is 1.47 bits per heavy atom. The molecule has 4 rings (SSSR count). The summed E-state index contributed by atoms with van der Waals surface area (Å²) in [4.78, 5) is 10.9. The fourth-order valence-electron chi connectivity index (χ4n) is 3.44. The van der Waals surface area contributed by atoms with Gasteiger partial charge in [-0.2, -0.15) is 26.3 Å². The number of hydrogen-bond acceptors (Lipinski definition) is 7. The maximum Gasteiger partial charge on any atom is 0.417 e. The summed E-state index contributed by atoms with van der Waals surface area (Å²) in [5.41, 5.74) is -6.47. The van der Waals surface area contributed by atoms with E-state index in [9.17, 15) is 54.9 Å². The van der Waals surface area contributed by atoms with Gasteiger partial charge >= 0.3 is 12.4 Å². The maximum absolute atomic E-state index is 13.4. The molecule has 0 saturated heterocycles. The first-order valence-electron chi connectivity index (χ1n) is 9.47. The van der Waals surface area contributed by atoms with Crippen LogP contribution < -0.4 is 10.2 Å². The van der Waals surface area contributed by atoms with Crippen LogP contribution in [0.25, 0.3) is 21.9 Å². The Hall–Kier alpha value is -4.14. The number of alkyl halides is 6. The van der Waals surface area contributed by atoms with Crippen LogP contribution in [-0.2, 0) is 22.4 Å². The van der Waals surface area contributed by atoms with E-state index in [1.54, 1.807) is 0 Å². The molecular weight excluding hydrogens is 524 g/mol. The minimum atomic E-state index is -5.48. The van der Waals surface area contributed by atoms with Gasteiger partial charge in [0.15, 0.2) is 11.5 Å². The number of sulfonamides is 1. The maximum atomic E-state index is 13.4. The van der Waals surface area contributed by atoms with Gasteiger partial charge in [-0.15, -0.1) is 0 Å². The quantitative estimate of drug-likeness (QED) is 0.166. The number of anilines is 1. The minimum absolute atomic E-state index is 0.0519. The normalized spacial score (nSPS) is 12.8. The lowest BCUT2D eigenvalue weighted by atomic mass is 10.1. The van der Waals surface area contributed by atoms with Gasteiger partial charge in [0.1, 0.15) is 32.6 Å². The fraction of sp³-hybridized carbons (Fsp3) is 0.0952. The number of halogens is 6. The van der Waals surface area contributed by atoms with Crippen molar-refractivity contribution in [3.05, 3.63) is 63.8 Å². The molecule has 0 atom stereocenters. The predicted octanol–water partition coefficient (Wildman–Crippen LogP) is 4.90. The molecule has 1 aromatic heterocycles. The van der Waals surface area contributed by atoms with E-state index in [0.717, 1.165) is 6.07 Å². The van der Waals surface area contributed by atoms with Crippen molar-refractivity contribution in [2.45, 2.75) is 17.2 Å². The number of nitrogens with one attached hydrogen (secondary N) is 1. The van der Waals surface area contributed by atoms with Gasteiger partial charge < -0.3 is 19.7 Å². The second-order valence-corrected chi connectivity index (χ2v) is 9.04. The average Bonchev–Trinajstić information content (AvgIpc) is 2.75. The Balaban J connectivity index is 1.94. The number of phenolic OH excluding ortho intramolecular Hbond substituents is 3. The largest absolute Gasteiger partial charge is 0.507 e. The fourth-order valence-corrected chi connectivity index (χ4v) is 4.75. The highest BCUT2D eigenvalue weighted by atomic mass is 32.2. The molecule has 0 saturated carbocycles. The van der Waals surface area contributed by atoms with Crippen LogP contribution in [0.2, 0.25) is 0 Å². The van der Waals surface area contributed by atoms with E-state index < -0.39 is 83.1 Å². The molecule has 4 aromatic rings. The molecule has 0 fully saturated rings. The standard InChI is InChI=1S/C21H11F6NO7S/c22-20(23,24)8-4-5-9(21(25,26)27)14(6-8)36(33,34)28-10-7-13-16(19(32)17(10)30)18(31)15-11(29)2-1-3-12(15)35-13/h1-7,28-30,32H. The van der Waals surface area contributed by atoms with Crippen LogP contribution in [-0.4, -0.2) is 23.7 Å². The third-order valence-corrected chi connectivity index (χ3v) is 6.47. The summed E-state index contributed by atoms with van der Waals surface area (Å²) in [6, 6.07) is 4.01. The molecule has 0 spiro atoms. The van der Waals surface area contributed by atoms with E-state index in [2.05, 4.69) is 0 Å². The smallest absolute Gasteiger partial charge is 0.417 e. The van der Waals surface area contributed by atoms with Crippen molar-refractivity contribution in [3.63, 3.8) is 0 Å². The van der Waals surface area contributed by atoms with Gasteiger partial charge in [0.25, 0.3) is 10.0 Å². The van der Waals surface area contributed by atoms with Crippen LogP contribution in [0.5, 0.6) is 17.2 Å². The van der Waals surface area contributed by atoms with Crippen LogP contribution in [0, 0.1) is 0 Å². The Kier molecular flexibility index (Phi) is 5.51. The third-order valence-electron chi connectivity index (χ3n) is 5.06. The molecule has 4 N–H and O–H groups in total. The topological polar surface area (TPSA) is 137 Å². The predicted molar refractivity (Wildman–Crippen MR) is 112 cm³/mol. The van der Waals surface area contributed by atoms with Gasteiger partial charge in [-0.05, 0) is 30.3 Å². The molecule has 0 aliphatic rings. The molecule has 36 heavy (non-hydrogen) atoms. The summed E-state index contributed by atoms with van der Waals surface area (Å²) in [6.07, 6.45) is -10.6. The summed E-state index contributed by atoms with van der Waals surface area (Å²) >= 11 is 0. The van der Waals surface area contributed by atoms with Crippen molar-refractivity contribution in [2.24, 2.45) is 0 Å². The highest BCUT2D eigenvalue weighted by Crippen LogP contribution is 2.43. The molecule has 0 aliphatic carbocycles. The molecule has 1 heterocycles. The molecule has 8 nitrogen and oxygen atoms in total. The summed E-state index contributed by atoms with van der Waals surface area (Å²) in [6.45, 7) is 0. The number of phenols is 3. The van der Waals surface area contributed by atoms with E-state index in [4.69, 9.17) is 4.42 Å². The van der Waals surface area contributed by atoms with E-state index in [0.29, 0.717) is 6.07 Å². The molecule has 0 bridgehead atoms. The van der Waals surface area contributed by atoms with Gasteiger partial charge in [0, 0.05) is 6.07 Å². The number of rotatable bonds is 3. The van der Waals surface area contributed by atoms with Crippen molar-refractivity contribution in [3.8, 4) is 17.2 Å². The zero-order valence-electron chi connectivity index (χ0n) is 17.2. The Labute approximate surface area is 195 Å². The summed E-state index contributed by atoms with van der Waals surface area (Å²) in [5.74, 6) is -3.14. The van der Waals surface area contributed by atoms with Crippen molar-refractivity contribution < 1.29 is 54.5 Å². The van der Waals surface area contributed by atoms with Gasteiger partial charge in [-0.25, -0.2) is 8.42 Å². The van der Waals surface area contributed by atoms with Crippen LogP contribution in [0.4, 0.5) is 32.0 Å². The lowest BCUT2D eigenvalue weighted by Crippen LogP contribution is -2.20. The third kappa shape index (κ3) is 4.10. The highest BCUT2D eigenvalue weighted by Gasteiger charge is 2.40. The Morgan fingerprint density at radius 1 is 0.806 bits per heavy atom. The Morgan fingerprint density at radius 3 is 2.08 bits per heavy atom. The van der Waals surface area contributed by atoms with Gasteiger partial charge in [0.05, 0.1) is 16.8 Å². The molecule has 0 radical (unpaired) electrons. The zero-order chi connectivity index (χ0) is 26.8. The first-order chi connectivity index (χ1) is 16.5. The molecule has 3 aromatic carbocycles. The van der Waals surface area contributed by atoms with Crippen molar-refractivity contribution in [1.82, 2.24) is 0 Å². The summed E-state index contributed by atoms with van der Waals surface area (Å²) in [5, 5.41) is 29.4. The second-order valence-electron chi connectivity index (χ2n) is 7.39. The van der Waals surface area contributed by atoms with E-state index in [1.807, 2.05) is 0 Å². The molecule has 0 unspecified atom stereocenters. The highest BCUT2D eigenvalue weighted by molar-refractivity contribution is 7.92. The van der Waals surface area contributed by atoms with E-state index >= 15 is 0 Å². The first kappa shape index (κ1) is 25.0.